The molecule has 0 N–H and O–H groups in total. The van der Waals surface area contributed by atoms with Crippen LogP contribution in [0.25, 0.3) is 0 Å². The highest BCUT2D eigenvalue weighted by Gasteiger charge is 1.97. The van der Waals surface area contributed by atoms with Crippen LogP contribution in [0, 0.1) is 0 Å². The maximum atomic E-state index is 12.5. The minimum atomic E-state index is -0.628. The zero-order valence-corrected chi connectivity index (χ0v) is 7.86. The van der Waals surface area contributed by atoms with Crippen molar-refractivity contribution in [1.82, 2.24) is 0 Å². The van der Waals surface area contributed by atoms with Crippen molar-refractivity contribution in [3.8, 4) is 0 Å². The summed E-state index contributed by atoms with van der Waals surface area (Å²) in [5, 5.41) is 0. The molecule has 0 saturated heterocycles. The molecule has 0 fully saturated rings. The Morgan fingerprint density at radius 3 is 2.33 bits per heavy atom. The van der Waals surface area contributed by atoms with Gasteiger partial charge in [0.25, 0.3) is 0 Å². The Morgan fingerprint density at radius 1 is 1.33 bits per heavy atom. The van der Waals surface area contributed by atoms with E-state index in [9.17, 15) is 9.18 Å². The summed E-state index contributed by atoms with van der Waals surface area (Å²) >= 11 is 0. The van der Waals surface area contributed by atoms with Crippen molar-refractivity contribution < 1.29 is 9.18 Å². The van der Waals surface area contributed by atoms with Gasteiger partial charge in [-0.25, -0.2) is 4.39 Å². The molecule has 0 atom stereocenters. The molecule has 0 amide bonds. The number of halogens is 1. The van der Waals surface area contributed by atoms with E-state index in [1.165, 1.54) is 5.57 Å². The van der Waals surface area contributed by atoms with E-state index < -0.39 is 5.83 Å². The van der Waals surface area contributed by atoms with E-state index in [1.54, 1.807) is 6.92 Å². The predicted molar refractivity (Wildman–Crippen MR) is 48.5 cm³/mol. The van der Waals surface area contributed by atoms with Crippen LogP contribution in [0.4, 0.5) is 4.39 Å². The van der Waals surface area contributed by atoms with E-state index in [4.69, 9.17) is 0 Å². The van der Waals surface area contributed by atoms with E-state index >= 15 is 0 Å². The Hall–Kier alpha value is -0.920. The summed E-state index contributed by atoms with van der Waals surface area (Å²) in [7, 11) is 0. The molecule has 2 heteroatoms. The van der Waals surface area contributed by atoms with Crippen LogP contribution < -0.4 is 0 Å². The molecule has 12 heavy (non-hydrogen) atoms. The second kappa shape index (κ2) is 5.70. The van der Waals surface area contributed by atoms with Gasteiger partial charge in [0.2, 0.25) is 0 Å². The SMILES string of the molecule is CC(C)=CCC/C(C)=C(/F)C=O. The quantitative estimate of drug-likeness (QED) is 0.360. The maximum absolute atomic E-state index is 12.5. The highest BCUT2D eigenvalue weighted by Crippen LogP contribution is 2.11. The van der Waals surface area contributed by atoms with E-state index in [0.717, 1.165) is 6.42 Å². The van der Waals surface area contributed by atoms with Gasteiger partial charge in [0.05, 0.1) is 0 Å². The summed E-state index contributed by atoms with van der Waals surface area (Å²) in [6, 6.07) is 0. The molecular weight excluding hydrogens is 155 g/mol. The first-order valence-corrected chi connectivity index (χ1v) is 4.01. The summed E-state index contributed by atoms with van der Waals surface area (Å²) in [4.78, 5) is 10.00. The minimum absolute atomic E-state index is 0.262. The number of aldehydes is 1. The largest absolute Gasteiger partial charge is 0.295 e. The summed E-state index contributed by atoms with van der Waals surface area (Å²) in [5.41, 5.74) is 1.75. The lowest BCUT2D eigenvalue weighted by Crippen LogP contribution is -1.83. The molecule has 0 aliphatic heterocycles. The van der Waals surface area contributed by atoms with E-state index in [0.29, 0.717) is 12.0 Å². The summed E-state index contributed by atoms with van der Waals surface area (Å²) < 4.78 is 12.5. The van der Waals surface area contributed by atoms with Crippen LogP contribution in [0.15, 0.2) is 23.0 Å². The Kier molecular flexibility index (Phi) is 5.26. The van der Waals surface area contributed by atoms with Gasteiger partial charge < -0.3 is 0 Å². The molecule has 0 aromatic heterocycles. The van der Waals surface area contributed by atoms with Crippen molar-refractivity contribution >= 4 is 6.29 Å². The minimum Gasteiger partial charge on any atom is -0.295 e. The molecule has 0 radical (unpaired) electrons. The van der Waals surface area contributed by atoms with Gasteiger partial charge in [0, 0.05) is 0 Å². The number of hydrogen-bond donors (Lipinski definition) is 0. The summed E-state index contributed by atoms with van der Waals surface area (Å²) in [6.45, 7) is 5.63. The van der Waals surface area contributed by atoms with Crippen molar-refractivity contribution in [2.24, 2.45) is 0 Å². The zero-order valence-electron chi connectivity index (χ0n) is 7.86. The Labute approximate surface area is 73.0 Å². The van der Waals surface area contributed by atoms with Crippen molar-refractivity contribution in [3.63, 3.8) is 0 Å². The van der Waals surface area contributed by atoms with Gasteiger partial charge in [0.15, 0.2) is 12.1 Å². The highest BCUT2D eigenvalue weighted by atomic mass is 19.1. The molecular formula is C10H15FO. The van der Waals surface area contributed by atoms with Gasteiger partial charge in [-0.05, 0) is 39.2 Å². The fraction of sp³-hybridized carbons (Fsp3) is 0.500. The first kappa shape index (κ1) is 11.1. The third-order valence-corrected chi connectivity index (χ3v) is 1.58. The van der Waals surface area contributed by atoms with Crippen molar-refractivity contribution in [3.05, 3.63) is 23.0 Å². The molecule has 68 valence electrons. The predicted octanol–water partition coefficient (Wildman–Crippen LogP) is 3.18. The molecule has 0 aliphatic rings. The third-order valence-electron chi connectivity index (χ3n) is 1.58. The fourth-order valence-electron chi connectivity index (χ4n) is 0.797. The third kappa shape index (κ3) is 4.83. The second-order valence-corrected chi connectivity index (χ2v) is 3.07. The van der Waals surface area contributed by atoms with Gasteiger partial charge in [-0.2, -0.15) is 0 Å². The highest BCUT2D eigenvalue weighted by molar-refractivity contribution is 5.70. The summed E-state index contributed by atoms with van der Waals surface area (Å²) in [6.07, 6.45) is 3.71. The Morgan fingerprint density at radius 2 is 1.92 bits per heavy atom. The van der Waals surface area contributed by atoms with Crippen LogP contribution in [-0.2, 0) is 4.79 Å². The van der Waals surface area contributed by atoms with Crippen LogP contribution in [0.5, 0.6) is 0 Å². The van der Waals surface area contributed by atoms with E-state index in [1.807, 2.05) is 19.9 Å². The molecule has 0 aromatic carbocycles. The fourth-order valence-corrected chi connectivity index (χ4v) is 0.797. The average Bonchev–Trinajstić information content (AvgIpc) is 2.02. The van der Waals surface area contributed by atoms with Crippen molar-refractivity contribution in [2.45, 2.75) is 33.6 Å². The molecule has 0 bridgehead atoms. The zero-order chi connectivity index (χ0) is 9.56. The van der Waals surface area contributed by atoms with Gasteiger partial charge in [-0.3, -0.25) is 4.79 Å². The molecule has 0 heterocycles. The van der Waals surface area contributed by atoms with Crippen LogP contribution in [0.3, 0.4) is 0 Å². The second-order valence-electron chi connectivity index (χ2n) is 3.07. The lowest BCUT2D eigenvalue weighted by Gasteiger charge is -1.97. The molecule has 0 aliphatic carbocycles. The van der Waals surface area contributed by atoms with Gasteiger partial charge >= 0.3 is 0 Å². The molecule has 1 nitrogen and oxygen atoms in total. The first-order chi connectivity index (χ1) is 5.57. The van der Waals surface area contributed by atoms with Crippen molar-refractivity contribution in [2.75, 3.05) is 0 Å². The van der Waals surface area contributed by atoms with E-state index in [2.05, 4.69) is 0 Å². The molecule has 0 aromatic rings. The lowest BCUT2D eigenvalue weighted by atomic mass is 10.1. The Bertz CT molecular complexity index is 210. The number of carbonyl (C=O) groups is 1. The van der Waals surface area contributed by atoms with Crippen molar-refractivity contribution in [1.29, 1.82) is 0 Å². The van der Waals surface area contributed by atoms with Crippen LogP contribution in [0.1, 0.15) is 33.6 Å². The summed E-state index contributed by atoms with van der Waals surface area (Å²) in [5.74, 6) is -0.628. The molecule has 0 unspecified atom stereocenters. The van der Waals surface area contributed by atoms with Gasteiger partial charge in [0.1, 0.15) is 0 Å². The van der Waals surface area contributed by atoms with E-state index in [-0.39, 0.29) is 6.29 Å². The van der Waals surface area contributed by atoms with Crippen LogP contribution in [-0.4, -0.2) is 6.29 Å². The number of hydrogen-bond acceptors (Lipinski definition) is 1. The van der Waals surface area contributed by atoms with Crippen LogP contribution >= 0.6 is 0 Å². The van der Waals surface area contributed by atoms with Gasteiger partial charge in [-0.15, -0.1) is 0 Å². The number of carbonyl (C=O) groups excluding carboxylic acids is 1. The maximum Gasteiger partial charge on any atom is 0.178 e. The lowest BCUT2D eigenvalue weighted by molar-refractivity contribution is -0.106. The smallest absolute Gasteiger partial charge is 0.178 e. The van der Waals surface area contributed by atoms with Crippen LogP contribution in [0.2, 0.25) is 0 Å². The normalized spacial score (nSPS) is 12.0. The molecule has 0 rings (SSSR count). The first-order valence-electron chi connectivity index (χ1n) is 4.01. The molecule has 0 saturated carbocycles. The monoisotopic (exact) mass is 170 g/mol. The Balaban J connectivity index is 3.95. The number of allylic oxidation sites excluding steroid dienone is 4. The molecule has 0 spiro atoms. The topological polar surface area (TPSA) is 17.1 Å². The average molecular weight is 170 g/mol. The number of rotatable bonds is 4. The van der Waals surface area contributed by atoms with Gasteiger partial charge in [-0.1, -0.05) is 11.6 Å². The standard InChI is InChI=1S/C10H15FO/c1-8(2)5-4-6-9(3)10(11)7-12/h5,7H,4,6H2,1-3H3/b10-9+.